The number of aryl methyl sites for hydroxylation is 2. The van der Waals surface area contributed by atoms with Gasteiger partial charge in [0.05, 0.1) is 5.69 Å². The molecule has 2 fully saturated rings. The van der Waals surface area contributed by atoms with E-state index in [1.165, 1.54) is 43.6 Å². The number of hydrogen-bond acceptors (Lipinski definition) is 4. The molecular formula is C20H28N4O2. The number of carbonyl (C=O) groups excluding carboxylic acids is 1. The van der Waals surface area contributed by atoms with Crippen LogP contribution < -0.4 is 0 Å². The number of rotatable bonds is 5. The molecule has 4 rings (SSSR count). The Morgan fingerprint density at radius 2 is 1.96 bits per heavy atom. The molecule has 1 aliphatic heterocycles. The number of hydrogen-bond donors (Lipinski definition) is 0. The average Bonchev–Trinajstić information content (AvgIpc) is 3.18. The van der Waals surface area contributed by atoms with Crippen LogP contribution in [0.1, 0.15) is 72.2 Å². The lowest BCUT2D eigenvalue weighted by atomic mass is 9.84. The fourth-order valence-corrected chi connectivity index (χ4v) is 4.15. The van der Waals surface area contributed by atoms with E-state index in [1.54, 1.807) is 0 Å². The van der Waals surface area contributed by atoms with Crippen LogP contribution in [0.4, 0.5) is 0 Å². The van der Waals surface area contributed by atoms with Crippen LogP contribution in [0.25, 0.3) is 0 Å². The molecule has 6 heteroatoms. The summed E-state index contributed by atoms with van der Waals surface area (Å²) in [5.74, 6) is 3.01. The Morgan fingerprint density at radius 3 is 2.58 bits per heavy atom. The predicted octanol–water partition coefficient (Wildman–Crippen LogP) is 3.70. The van der Waals surface area contributed by atoms with Gasteiger partial charge in [-0.15, -0.1) is 0 Å². The molecule has 2 aliphatic rings. The lowest BCUT2D eigenvalue weighted by Crippen LogP contribution is -2.38. The van der Waals surface area contributed by atoms with Crippen LogP contribution in [-0.2, 0) is 6.54 Å². The first kappa shape index (κ1) is 17.3. The second-order valence-electron chi connectivity index (χ2n) is 7.83. The highest BCUT2D eigenvalue weighted by molar-refractivity contribution is 5.92. The zero-order valence-electron chi connectivity index (χ0n) is 15.8. The van der Waals surface area contributed by atoms with Crippen molar-refractivity contribution in [2.24, 2.45) is 5.92 Å². The number of amides is 1. The summed E-state index contributed by atoms with van der Waals surface area (Å²) in [4.78, 5) is 23.1. The van der Waals surface area contributed by atoms with Gasteiger partial charge < -0.3 is 13.9 Å². The molecule has 1 aliphatic carbocycles. The predicted molar refractivity (Wildman–Crippen MR) is 98.0 cm³/mol. The highest BCUT2D eigenvalue weighted by Gasteiger charge is 2.28. The fourth-order valence-electron chi connectivity index (χ4n) is 4.15. The lowest BCUT2D eigenvalue weighted by Gasteiger charge is -2.32. The first-order valence-electron chi connectivity index (χ1n) is 9.85. The van der Waals surface area contributed by atoms with Crippen molar-refractivity contribution in [3.8, 4) is 0 Å². The molecule has 6 nitrogen and oxygen atoms in total. The molecule has 3 heterocycles. The first-order valence-corrected chi connectivity index (χ1v) is 9.85. The van der Waals surface area contributed by atoms with Crippen molar-refractivity contribution in [1.29, 1.82) is 0 Å². The van der Waals surface area contributed by atoms with Gasteiger partial charge in [0, 0.05) is 37.4 Å². The highest BCUT2D eigenvalue weighted by Crippen LogP contribution is 2.36. The Kier molecular flexibility index (Phi) is 4.83. The molecule has 1 amide bonds. The summed E-state index contributed by atoms with van der Waals surface area (Å²) in [5.41, 5.74) is 1.96. The second kappa shape index (κ2) is 7.25. The molecule has 0 aromatic carbocycles. The van der Waals surface area contributed by atoms with Crippen LogP contribution in [0.3, 0.4) is 0 Å². The average molecular weight is 356 g/mol. The molecule has 140 valence electrons. The summed E-state index contributed by atoms with van der Waals surface area (Å²) in [6.07, 6.45) is 10.6. The molecule has 0 radical (unpaired) electrons. The van der Waals surface area contributed by atoms with Crippen molar-refractivity contribution in [2.45, 2.75) is 64.8 Å². The Morgan fingerprint density at radius 1 is 1.19 bits per heavy atom. The van der Waals surface area contributed by atoms with Crippen molar-refractivity contribution < 1.29 is 9.21 Å². The SMILES string of the molecule is Cc1ncoc1C(=O)N1CCC(CCn2c(C)cnc2C2CCC2)CC1. The summed E-state index contributed by atoms with van der Waals surface area (Å²) in [6, 6.07) is 0. The molecule has 0 atom stereocenters. The van der Waals surface area contributed by atoms with Crippen LogP contribution in [-0.4, -0.2) is 38.4 Å². The molecule has 2 aromatic heterocycles. The van der Waals surface area contributed by atoms with E-state index in [-0.39, 0.29) is 5.91 Å². The van der Waals surface area contributed by atoms with Crippen molar-refractivity contribution in [3.05, 3.63) is 35.6 Å². The molecule has 1 saturated carbocycles. The molecule has 2 aromatic rings. The zero-order valence-corrected chi connectivity index (χ0v) is 15.8. The number of carbonyl (C=O) groups is 1. The van der Waals surface area contributed by atoms with Gasteiger partial charge in [-0.2, -0.15) is 0 Å². The van der Waals surface area contributed by atoms with E-state index in [4.69, 9.17) is 4.42 Å². The zero-order chi connectivity index (χ0) is 18.1. The quantitative estimate of drug-likeness (QED) is 0.819. The first-order chi connectivity index (χ1) is 12.6. The smallest absolute Gasteiger partial charge is 0.291 e. The van der Waals surface area contributed by atoms with Crippen molar-refractivity contribution in [3.63, 3.8) is 0 Å². The largest absolute Gasteiger partial charge is 0.438 e. The van der Waals surface area contributed by atoms with Crippen molar-refractivity contribution in [2.75, 3.05) is 13.1 Å². The van der Waals surface area contributed by atoms with Crippen LogP contribution in [0.2, 0.25) is 0 Å². The van der Waals surface area contributed by atoms with Gasteiger partial charge >= 0.3 is 0 Å². The highest BCUT2D eigenvalue weighted by atomic mass is 16.3. The minimum Gasteiger partial charge on any atom is -0.438 e. The van der Waals surface area contributed by atoms with Gasteiger partial charge in [0.2, 0.25) is 5.76 Å². The maximum atomic E-state index is 12.5. The van der Waals surface area contributed by atoms with Gasteiger partial charge in [0.15, 0.2) is 6.39 Å². The van der Waals surface area contributed by atoms with Gasteiger partial charge in [-0.3, -0.25) is 4.79 Å². The standard InChI is InChI=1S/C20H28N4O2/c1-14-12-21-19(17-4-3-5-17)24(14)11-8-16-6-9-23(10-7-16)20(25)18-15(2)22-13-26-18/h12-13,16-17H,3-11H2,1-2H3. The third-order valence-corrected chi connectivity index (χ3v) is 6.16. The number of likely N-dealkylation sites (tertiary alicyclic amines) is 1. The van der Waals surface area contributed by atoms with Gasteiger partial charge in [-0.1, -0.05) is 6.42 Å². The number of nitrogens with zero attached hydrogens (tertiary/aromatic N) is 4. The Labute approximate surface area is 154 Å². The van der Waals surface area contributed by atoms with E-state index in [0.717, 1.165) is 32.5 Å². The molecular weight excluding hydrogens is 328 g/mol. The van der Waals surface area contributed by atoms with E-state index in [1.807, 2.05) is 18.0 Å². The van der Waals surface area contributed by atoms with Crippen LogP contribution >= 0.6 is 0 Å². The van der Waals surface area contributed by atoms with Crippen molar-refractivity contribution >= 4 is 5.91 Å². The van der Waals surface area contributed by atoms with Gasteiger partial charge in [-0.05, 0) is 51.9 Å². The number of aromatic nitrogens is 3. The third kappa shape index (κ3) is 3.29. The molecule has 0 N–H and O–H groups in total. The van der Waals surface area contributed by atoms with E-state index in [0.29, 0.717) is 23.3 Å². The summed E-state index contributed by atoms with van der Waals surface area (Å²) < 4.78 is 7.68. The van der Waals surface area contributed by atoms with Crippen LogP contribution in [0, 0.1) is 19.8 Å². The monoisotopic (exact) mass is 356 g/mol. The minimum atomic E-state index is -0.0174. The van der Waals surface area contributed by atoms with Gasteiger partial charge in [-0.25, -0.2) is 9.97 Å². The number of oxazole rings is 1. The third-order valence-electron chi connectivity index (χ3n) is 6.16. The molecule has 26 heavy (non-hydrogen) atoms. The van der Waals surface area contributed by atoms with E-state index in [9.17, 15) is 4.79 Å². The van der Waals surface area contributed by atoms with Gasteiger partial charge in [0.25, 0.3) is 5.91 Å². The number of imidazole rings is 1. The maximum Gasteiger partial charge on any atom is 0.291 e. The van der Waals surface area contributed by atoms with E-state index >= 15 is 0 Å². The van der Waals surface area contributed by atoms with Crippen molar-refractivity contribution in [1.82, 2.24) is 19.4 Å². The molecule has 1 saturated heterocycles. The normalized spacial score (nSPS) is 18.9. The topological polar surface area (TPSA) is 64.2 Å². The minimum absolute atomic E-state index is 0.0174. The Balaban J connectivity index is 1.30. The second-order valence-corrected chi connectivity index (χ2v) is 7.83. The van der Waals surface area contributed by atoms with E-state index in [2.05, 4.69) is 21.5 Å². The van der Waals surface area contributed by atoms with Gasteiger partial charge in [0.1, 0.15) is 5.82 Å². The summed E-state index contributed by atoms with van der Waals surface area (Å²) in [7, 11) is 0. The Hall–Kier alpha value is -2.11. The molecule has 0 unspecified atom stereocenters. The molecule has 0 bridgehead atoms. The fraction of sp³-hybridized carbons (Fsp3) is 0.650. The lowest BCUT2D eigenvalue weighted by molar-refractivity contribution is 0.0651. The van der Waals surface area contributed by atoms with Crippen LogP contribution in [0.5, 0.6) is 0 Å². The summed E-state index contributed by atoms with van der Waals surface area (Å²) >= 11 is 0. The van der Waals surface area contributed by atoms with Crippen LogP contribution in [0.15, 0.2) is 17.0 Å². The van der Waals surface area contributed by atoms with E-state index < -0.39 is 0 Å². The molecule has 0 spiro atoms. The number of piperidine rings is 1. The Bertz CT molecular complexity index is 767. The summed E-state index contributed by atoms with van der Waals surface area (Å²) in [5, 5.41) is 0. The summed E-state index contributed by atoms with van der Waals surface area (Å²) in [6.45, 7) is 6.65. The maximum absolute atomic E-state index is 12.5.